The zero-order valence-corrected chi connectivity index (χ0v) is 6.95. The van der Waals surface area contributed by atoms with Crippen LogP contribution in [0.15, 0.2) is 0 Å². The van der Waals surface area contributed by atoms with Crippen LogP contribution in [0.4, 0.5) is 0 Å². The van der Waals surface area contributed by atoms with Crippen molar-refractivity contribution in [1.29, 1.82) is 0 Å². The van der Waals surface area contributed by atoms with Gasteiger partial charge in [-0.15, -0.1) is 0 Å². The van der Waals surface area contributed by atoms with Gasteiger partial charge in [-0.05, 0) is 24.8 Å². The van der Waals surface area contributed by atoms with Crippen molar-refractivity contribution < 1.29 is 10.2 Å². The molecule has 0 spiro atoms. The SMILES string of the molecule is CC1CC1CNC[C@H](O)CO. The first-order chi connectivity index (χ1) is 5.24. The third-order valence-corrected chi connectivity index (χ3v) is 2.27. The molecule has 0 aromatic heterocycles. The lowest BCUT2D eigenvalue weighted by Gasteiger charge is -2.07. The van der Waals surface area contributed by atoms with Gasteiger partial charge in [-0.25, -0.2) is 0 Å². The maximum absolute atomic E-state index is 8.94. The predicted molar refractivity (Wildman–Crippen MR) is 43.2 cm³/mol. The molecule has 1 saturated carbocycles. The average molecular weight is 159 g/mol. The lowest BCUT2D eigenvalue weighted by atomic mass is 10.3. The summed E-state index contributed by atoms with van der Waals surface area (Å²) in [5.41, 5.74) is 0. The number of nitrogens with one attached hydrogen (secondary N) is 1. The van der Waals surface area contributed by atoms with Gasteiger partial charge in [0.25, 0.3) is 0 Å². The van der Waals surface area contributed by atoms with Gasteiger partial charge in [-0.2, -0.15) is 0 Å². The van der Waals surface area contributed by atoms with Crippen LogP contribution in [0.5, 0.6) is 0 Å². The number of aliphatic hydroxyl groups excluding tert-OH is 2. The molecule has 3 N–H and O–H groups in total. The normalized spacial score (nSPS) is 31.9. The van der Waals surface area contributed by atoms with Gasteiger partial charge in [0, 0.05) is 6.54 Å². The van der Waals surface area contributed by atoms with E-state index in [-0.39, 0.29) is 6.61 Å². The predicted octanol–water partition coefficient (Wildman–Crippen LogP) is -0.415. The highest BCUT2D eigenvalue weighted by Gasteiger charge is 2.31. The minimum Gasteiger partial charge on any atom is -0.394 e. The van der Waals surface area contributed by atoms with Crippen LogP contribution in [0, 0.1) is 11.8 Å². The Kier molecular flexibility index (Phi) is 3.30. The fourth-order valence-electron chi connectivity index (χ4n) is 1.18. The van der Waals surface area contributed by atoms with E-state index in [0.717, 1.165) is 18.4 Å². The molecule has 0 heterocycles. The van der Waals surface area contributed by atoms with Crippen molar-refractivity contribution in [3.05, 3.63) is 0 Å². The monoisotopic (exact) mass is 159 g/mol. The second-order valence-electron chi connectivity index (χ2n) is 3.47. The van der Waals surface area contributed by atoms with Gasteiger partial charge in [0.1, 0.15) is 0 Å². The third-order valence-electron chi connectivity index (χ3n) is 2.27. The topological polar surface area (TPSA) is 52.5 Å². The Morgan fingerprint density at radius 1 is 1.64 bits per heavy atom. The zero-order chi connectivity index (χ0) is 8.27. The molecular weight excluding hydrogens is 142 g/mol. The van der Waals surface area contributed by atoms with Crippen LogP contribution in [0.25, 0.3) is 0 Å². The van der Waals surface area contributed by atoms with E-state index in [0.29, 0.717) is 6.54 Å². The number of hydrogen-bond acceptors (Lipinski definition) is 3. The largest absolute Gasteiger partial charge is 0.394 e. The Balaban J connectivity index is 1.88. The Hall–Kier alpha value is -0.120. The summed E-state index contributed by atoms with van der Waals surface area (Å²) in [5, 5.41) is 20.5. The second kappa shape index (κ2) is 4.04. The molecule has 0 aliphatic heterocycles. The fraction of sp³-hybridized carbons (Fsp3) is 1.00. The van der Waals surface area contributed by atoms with E-state index in [1.165, 1.54) is 6.42 Å². The second-order valence-corrected chi connectivity index (χ2v) is 3.47. The molecule has 11 heavy (non-hydrogen) atoms. The van der Waals surface area contributed by atoms with Crippen LogP contribution in [0.1, 0.15) is 13.3 Å². The molecular formula is C8H17NO2. The summed E-state index contributed by atoms with van der Waals surface area (Å²) in [4.78, 5) is 0. The molecule has 3 nitrogen and oxygen atoms in total. The molecule has 1 fully saturated rings. The number of rotatable bonds is 5. The molecule has 1 aliphatic rings. The van der Waals surface area contributed by atoms with E-state index < -0.39 is 6.10 Å². The van der Waals surface area contributed by atoms with Crippen molar-refractivity contribution >= 4 is 0 Å². The van der Waals surface area contributed by atoms with Crippen molar-refractivity contribution in [2.75, 3.05) is 19.7 Å². The number of hydrogen-bond donors (Lipinski definition) is 3. The minimum absolute atomic E-state index is 0.146. The van der Waals surface area contributed by atoms with Crippen LogP contribution in [0.3, 0.4) is 0 Å². The summed E-state index contributed by atoms with van der Waals surface area (Å²) >= 11 is 0. The summed E-state index contributed by atoms with van der Waals surface area (Å²) in [7, 11) is 0. The fourth-order valence-corrected chi connectivity index (χ4v) is 1.18. The molecule has 1 rings (SSSR count). The maximum atomic E-state index is 8.94. The Morgan fingerprint density at radius 3 is 2.73 bits per heavy atom. The van der Waals surface area contributed by atoms with Crippen LogP contribution >= 0.6 is 0 Å². The molecule has 0 saturated heterocycles. The molecule has 3 atom stereocenters. The van der Waals surface area contributed by atoms with Gasteiger partial charge in [-0.3, -0.25) is 0 Å². The van der Waals surface area contributed by atoms with Crippen molar-refractivity contribution in [2.24, 2.45) is 11.8 Å². The van der Waals surface area contributed by atoms with Gasteiger partial charge < -0.3 is 15.5 Å². The first kappa shape index (κ1) is 8.97. The number of aliphatic hydroxyl groups is 2. The van der Waals surface area contributed by atoms with Gasteiger partial charge in [0.15, 0.2) is 0 Å². The summed E-state index contributed by atoms with van der Waals surface area (Å²) in [6, 6.07) is 0. The highest BCUT2D eigenvalue weighted by atomic mass is 16.3. The molecule has 0 radical (unpaired) electrons. The Labute approximate surface area is 67.4 Å². The third kappa shape index (κ3) is 3.18. The Morgan fingerprint density at radius 2 is 2.27 bits per heavy atom. The van der Waals surface area contributed by atoms with E-state index in [1.54, 1.807) is 0 Å². The first-order valence-electron chi connectivity index (χ1n) is 4.23. The smallest absolute Gasteiger partial charge is 0.0894 e. The van der Waals surface area contributed by atoms with E-state index in [4.69, 9.17) is 10.2 Å². The van der Waals surface area contributed by atoms with Crippen LogP contribution in [-0.4, -0.2) is 36.0 Å². The highest BCUT2D eigenvalue weighted by Crippen LogP contribution is 2.36. The molecule has 1 aliphatic carbocycles. The van der Waals surface area contributed by atoms with Crippen molar-refractivity contribution in [2.45, 2.75) is 19.4 Å². The van der Waals surface area contributed by atoms with E-state index in [1.807, 2.05) is 0 Å². The Bertz CT molecular complexity index is 115. The molecule has 0 amide bonds. The van der Waals surface area contributed by atoms with E-state index in [9.17, 15) is 0 Å². The zero-order valence-electron chi connectivity index (χ0n) is 6.95. The van der Waals surface area contributed by atoms with Gasteiger partial charge in [-0.1, -0.05) is 6.92 Å². The van der Waals surface area contributed by atoms with Crippen molar-refractivity contribution in [3.8, 4) is 0 Å². The van der Waals surface area contributed by atoms with Crippen molar-refractivity contribution in [3.63, 3.8) is 0 Å². The van der Waals surface area contributed by atoms with Crippen LogP contribution in [0.2, 0.25) is 0 Å². The van der Waals surface area contributed by atoms with Gasteiger partial charge in [0.05, 0.1) is 12.7 Å². The molecule has 3 heteroatoms. The summed E-state index contributed by atoms with van der Waals surface area (Å²) in [5.74, 6) is 1.66. The van der Waals surface area contributed by atoms with E-state index in [2.05, 4.69) is 12.2 Å². The molecule has 66 valence electrons. The van der Waals surface area contributed by atoms with Crippen LogP contribution < -0.4 is 5.32 Å². The molecule has 0 aromatic rings. The minimum atomic E-state index is -0.593. The maximum Gasteiger partial charge on any atom is 0.0894 e. The summed E-state index contributed by atoms with van der Waals surface area (Å²) in [6.45, 7) is 3.58. The van der Waals surface area contributed by atoms with Crippen LogP contribution in [-0.2, 0) is 0 Å². The standard InChI is InChI=1S/C8H17NO2/c1-6-2-7(6)3-9-4-8(11)5-10/h6-11H,2-5H2,1H3/t6?,7?,8-/m0/s1. The van der Waals surface area contributed by atoms with Crippen molar-refractivity contribution in [1.82, 2.24) is 5.32 Å². The lowest BCUT2D eigenvalue weighted by Crippen LogP contribution is -2.30. The molecule has 2 unspecified atom stereocenters. The average Bonchev–Trinajstić information content (AvgIpc) is 2.66. The van der Waals surface area contributed by atoms with Gasteiger partial charge in [0.2, 0.25) is 0 Å². The summed E-state index contributed by atoms with van der Waals surface area (Å²) < 4.78 is 0. The quantitative estimate of drug-likeness (QED) is 0.511. The summed E-state index contributed by atoms with van der Waals surface area (Å²) in [6.07, 6.45) is 0.714. The molecule has 0 bridgehead atoms. The van der Waals surface area contributed by atoms with Gasteiger partial charge >= 0.3 is 0 Å². The molecule has 0 aromatic carbocycles. The highest BCUT2D eigenvalue weighted by molar-refractivity contribution is 4.84. The lowest BCUT2D eigenvalue weighted by molar-refractivity contribution is 0.0943. The van der Waals surface area contributed by atoms with E-state index >= 15 is 0 Å². The first-order valence-corrected chi connectivity index (χ1v) is 4.23.